The number of hydrogen-bond donors (Lipinski definition) is 1. The van der Waals surface area contributed by atoms with E-state index in [0.717, 1.165) is 18.0 Å². The lowest BCUT2D eigenvalue weighted by molar-refractivity contribution is 0.155. The monoisotopic (exact) mass is 290 g/mol. The van der Waals surface area contributed by atoms with Crippen LogP contribution in [0.1, 0.15) is 30.9 Å². The summed E-state index contributed by atoms with van der Waals surface area (Å²) in [5.41, 5.74) is 1.95. The van der Waals surface area contributed by atoms with E-state index in [1.807, 2.05) is 24.3 Å². The molecular formula is C16H22N2O3. The smallest absolute Gasteiger partial charge is 0.162 e. The summed E-state index contributed by atoms with van der Waals surface area (Å²) in [6.07, 6.45) is 0. The largest absolute Gasteiger partial charge is 0.487 e. The van der Waals surface area contributed by atoms with Crippen LogP contribution in [0.3, 0.4) is 0 Å². The first-order valence-corrected chi connectivity index (χ1v) is 7.06. The van der Waals surface area contributed by atoms with Crippen LogP contribution >= 0.6 is 0 Å². The van der Waals surface area contributed by atoms with Gasteiger partial charge in [0.2, 0.25) is 0 Å². The average molecular weight is 290 g/mol. The van der Waals surface area contributed by atoms with Crippen molar-refractivity contribution in [2.45, 2.75) is 39.6 Å². The molecule has 5 heteroatoms. The summed E-state index contributed by atoms with van der Waals surface area (Å²) in [5.74, 6) is 1.53. The summed E-state index contributed by atoms with van der Waals surface area (Å²) >= 11 is 0. The number of benzene rings is 1. The van der Waals surface area contributed by atoms with Gasteiger partial charge in [-0.15, -0.1) is 0 Å². The molecule has 0 fully saturated rings. The van der Waals surface area contributed by atoms with Gasteiger partial charge in [-0.05, 0) is 17.7 Å². The number of hydrogen-bond acceptors (Lipinski definition) is 5. The number of rotatable bonds is 8. The first-order valence-electron chi connectivity index (χ1n) is 7.06. The summed E-state index contributed by atoms with van der Waals surface area (Å²) in [7, 11) is 1.62. The lowest BCUT2D eigenvalue weighted by Gasteiger charge is -2.10. The molecule has 114 valence electrons. The summed E-state index contributed by atoms with van der Waals surface area (Å²) in [6, 6.07) is 10.3. The fourth-order valence-electron chi connectivity index (χ4n) is 1.86. The van der Waals surface area contributed by atoms with E-state index in [0.29, 0.717) is 25.0 Å². The molecule has 2 rings (SSSR count). The van der Waals surface area contributed by atoms with Crippen LogP contribution in [0.15, 0.2) is 34.9 Å². The van der Waals surface area contributed by atoms with Crippen LogP contribution < -0.4 is 10.1 Å². The van der Waals surface area contributed by atoms with Gasteiger partial charge >= 0.3 is 0 Å². The first kappa shape index (κ1) is 15.5. The number of nitrogens with zero attached hydrogens (tertiary/aromatic N) is 1. The maximum absolute atomic E-state index is 5.74. The van der Waals surface area contributed by atoms with Crippen molar-refractivity contribution < 1.29 is 14.0 Å². The van der Waals surface area contributed by atoms with Gasteiger partial charge in [-0.1, -0.05) is 31.1 Å². The average Bonchev–Trinajstić information content (AvgIpc) is 2.92. The number of nitrogens with one attached hydrogen (secondary N) is 1. The number of methoxy groups -OCH3 is 1. The first-order chi connectivity index (χ1) is 10.2. The Morgan fingerprint density at radius 1 is 1.24 bits per heavy atom. The molecule has 0 aliphatic rings. The molecule has 1 aromatic heterocycles. The fraction of sp³-hybridized carbons (Fsp3) is 0.438. The van der Waals surface area contributed by atoms with Gasteiger partial charge in [0.1, 0.15) is 24.7 Å². The van der Waals surface area contributed by atoms with Crippen LogP contribution in [-0.4, -0.2) is 18.3 Å². The van der Waals surface area contributed by atoms with Crippen LogP contribution in [-0.2, 0) is 24.5 Å². The van der Waals surface area contributed by atoms with E-state index in [9.17, 15) is 0 Å². The molecule has 0 unspecified atom stereocenters. The van der Waals surface area contributed by atoms with Crippen LogP contribution in [0.4, 0.5) is 0 Å². The minimum Gasteiger partial charge on any atom is -0.487 e. The molecular weight excluding hydrogens is 268 g/mol. The summed E-state index contributed by atoms with van der Waals surface area (Å²) in [5, 5.41) is 7.32. The van der Waals surface area contributed by atoms with Crippen molar-refractivity contribution in [3.05, 3.63) is 47.3 Å². The second kappa shape index (κ2) is 7.81. The van der Waals surface area contributed by atoms with Gasteiger partial charge < -0.3 is 19.3 Å². The molecule has 0 amide bonds. The van der Waals surface area contributed by atoms with Gasteiger partial charge in [-0.3, -0.25) is 0 Å². The van der Waals surface area contributed by atoms with Crippen molar-refractivity contribution in [3.8, 4) is 5.75 Å². The zero-order chi connectivity index (χ0) is 15.1. The SMILES string of the molecule is COCc1cc(COc2cccc(CNC(C)C)c2)no1. The fourth-order valence-corrected chi connectivity index (χ4v) is 1.86. The van der Waals surface area contributed by atoms with E-state index >= 15 is 0 Å². The van der Waals surface area contributed by atoms with Gasteiger partial charge in [-0.25, -0.2) is 0 Å². The van der Waals surface area contributed by atoms with Crippen molar-refractivity contribution in [1.82, 2.24) is 10.5 Å². The standard InChI is InChI=1S/C16H22N2O3/c1-12(2)17-9-13-5-4-6-15(7-13)20-10-14-8-16(11-19-3)21-18-14/h4-8,12,17H,9-11H2,1-3H3. The molecule has 0 atom stereocenters. The van der Waals surface area contributed by atoms with Crippen molar-refractivity contribution in [2.75, 3.05) is 7.11 Å². The third-order valence-corrected chi connectivity index (χ3v) is 2.89. The lowest BCUT2D eigenvalue weighted by Crippen LogP contribution is -2.21. The zero-order valence-electron chi connectivity index (χ0n) is 12.8. The van der Waals surface area contributed by atoms with Crippen LogP contribution in [0.5, 0.6) is 5.75 Å². The second-order valence-corrected chi connectivity index (χ2v) is 5.19. The van der Waals surface area contributed by atoms with Gasteiger partial charge in [0.25, 0.3) is 0 Å². The van der Waals surface area contributed by atoms with Gasteiger partial charge in [0.15, 0.2) is 5.76 Å². The lowest BCUT2D eigenvalue weighted by atomic mass is 10.2. The van der Waals surface area contributed by atoms with E-state index < -0.39 is 0 Å². The Kier molecular flexibility index (Phi) is 5.78. The molecule has 1 N–H and O–H groups in total. The summed E-state index contributed by atoms with van der Waals surface area (Å²) < 4.78 is 15.8. The third-order valence-electron chi connectivity index (χ3n) is 2.89. The van der Waals surface area contributed by atoms with Crippen molar-refractivity contribution >= 4 is 0 Å². The minimum absolute atomic E-state index is 0.383. The van der Waals surface area contributed by atoms with E-state index in [4.69, 9.17) is 14.0 Å². The highest BCUT2D eigenvalue weighted by molar-refractivity contribution is 5.28. The molecule has 5 nitrogen and oxygen atoms in total. The van der Waals surface area contributed by atoms with Crippen molar-refractivity contribution in [2.24, 2.45) is 0 Å². The Hall–Kier alpha value is -1.85. The molecule has 1 aromatic carbocycles. The Morgan fingerprint density at radius 3 is 2.86 bits per heavy atom. The van der Waals surface area contributed by atoms with Gasteiger partial charge in [0.05, 0.1) is 0 Å². The highest BCUT2D eigenvalue weighted by atomic mass is 16.5. The topological polar surface area (TPSA) is 56.5 Å². The highest BCUT2D eigenvalue weighted by Gasteiger charge is 2.05. The molecule has 2 aromatic rings. The Labute approximate surface area is 125 Å². The molecule has 0 spiro atoms. The maximum atomic E-state index is 5.74. The molecule has 1 heterocycles. The molecule has 0 aliphatic heterocycles. The van der Waals surface area contributed by atoms with Crippen LogP contribution in [0, 0.1) is 0 Å². The van der Waals surface area contributed by atoms with E-state index in [1.54, 1.807) is 7.11 Å². The van der Waals surface area contributed by atoms with E-state index in [-0.39, 0.29) is 0 Å². The van der Waals surface area contributed by atoms with E-state index in [2.05, 4.69) is 30.4 Å². The quantitative estimate of drug-likeness (QED) is 0.810. The number of aromatic nitrogens is 1. The van der Waals surface area contributed by atoms with E-state index in [1.165, 1.54) is 5.56 Å². The molecule has 0 saturated carbocycles. The summed E-state index contributed by atoms with van der Waals surface area (Å²) in [4.78, 5) is 0. The molecule has 0 bridgehead atoms. The maximum Gasteiger partial charge on any atom is 0.162 e. The third kappa shape index (κ3) is 5.21. The molecule has 0 aliphatic carbocycles. The van der Waals surface area contributed by atoms with Gasteiger partial charge in [0, 0.05) is 25.8 Å². The molecule has 21 heavy (non-hydrogen) atoms. The Balaban J connectivity index is 1.88. The Morgan fingerprint density at radius 2 is 2.10 bits per heavy atom. The number of ether oxygens (including phenoxy) is 2. The van der Waals surface area contributed by atoms with Crippen molar-refractivity contribution in [1.29, 1.82) is 0 Å². The predicted molar refractivity (Wildman–Crippen MR) is 80.0 cm³/mol. The predicted octanol–water partition coefficient (Wildman–Crippen LogP) is 2.90. The zero-order valence-corrected chi connectivity index (χ0v) is 12.8. The van der Waals surface area contributed by atoms with Crippen molar-refractivity contribution in [3.63, 3.8) is 0 Å². The molecule has 0 radical (unpaired) electrons. The minimum atomic E-state index is 0.383. The normalized spacial score (nSPS) is 11.0. The second-order valence-electron chi connectivity index (χ2n) is 5.19. The highest BCUT2D eigenvalue weighted by Crippen LogP contribution is 2.15. The summed E-state index contributed by atoms with van der Waals surface area (Å²) in [6.45, 7) is 5.89. The molecule has 0 saturated heterocycles. The van der Waals surface area contributed by atoms with Gasteiger partial charge in [-0.2, -0.15) is 0 Å². The Bertz CT molecular complexity index is 552. The van der Waals surface area contributed by atoms with Crippen LogP contribution in [0.25, 0.3) is 0 Å². The van der Waals surface area contributed by atoms with Crippen LogP contribution in [0.2, 0.25) is 0 Å².